The zero-order valence-corrected chi connectivity index (χ0v) is 11.0. The highest BCUT2D eigenvalue weighted by molar-refractivity contribution is 5.88. The molecule has 0 fully saturated rings. The van der Waals surface area contributed by atoms with Gasteiger partial charge in [-0.25, -0.2) is 9.78 Å². The topological polar surface area (TPSA) is 69.0 Å². The lowest BCUT2D eigenvalue weighted by Gasteiger charge is -2.07. The van der Waals surface area contributed by atoms with Crippen LogP contribution in [-0.4, -0.2) is 34.4 Å². The maximum absolute atomic E-state index is 11.3. The number of nitrogens with zero attached hydrogens (tertiary/aromatic N) is 3. The minimum absolute atomic E-state index is 0.294. The minimum atomic E-state index is -0.439. The Hall–Kier alpha value is -2.37. The molecule has 0 bridgehead atoms. The molecule has 100 valence electrons. The molecule has 0 atom stereocenters. The van der Waals surface area contributed by atoms with Crippen LogP contribution >= 0.6 is 0 Å². The smallest absolute Gasteiger partial charge is 0.356 e. The van der Waals surface area contributed by atoms with E-state index >= 15 is 0 Å². The van der Waals surface area contributed by atoms with Gasteiger partial charge in [-0.15, -0.1) is 0 Å². The third kappa shape index (κ3) is 3.54. The number of aromatic nitrogens is 3. The van der Waals surface area contributed by atoms with Gasteiger partial charge in [-0.1, -0.05) is 0 Å². The van der Waals surface area contributed by atoms with E-state index in [0.717, 1.165) is 17.8 Å². The first-order valence-electron chi connectivity index (χ1n) is 5.96. The second-order valence-electron chi connectivity index (χ2n) is 4.13. The summed E-state index contributed by atoms with van der Waals surface area (Å²) >= 11 is 0. The van der Waals surface area contributed by atoms with E-state index in [1.54, 1.807) is 18.3 Å². The van der Waals surface area contributed by atoms with Crippen LogP contribution < -0.4 is 5.32 Å². The summed E-state index contributed by atoms with van der Waals surface area (Å²) in [5.41, 5.74) is 2.26. The van der Waals surface area contributed by atoms with Gasteiger partial charge in [0.25, 0.3) is 0 Å². The van der Waals surface area contributed by atoms with Crippen molar-refractivity contribution in [3.8, 4) is 0 Å². The maximum atomic E-state index is 11.3. The van der Waals surface area contributed by atoms with Crippen LogP contribution in [0.15, 0.2) is 30.7 Å². The van der Waals surface area contributed by atoms with Gasteiger partial charge < -0.3 is 10.1 Å². The van der Waals surface area contributed by atoms with E-state index in [1.807, 2.05) is 24.0 Å². The monoisotopic (exact) mass is 260 g/mol. The molecule has 2 aromatic heterocycles. The van der Waals surface area contributed by atoms with Gasteiger partial charge in [0, 0.05) is 24.6 Å². The Morgan fingerprint density at radius 3 is 3.05 bits per heavy atom. The molecular weight excluding hydrogens is 244 g/mol. The number of esters is 1. The number of aryl methyl sites for hydroxylation is 1. The Balaban J connectivity index is 1.90. The van der Waals surface area contributed by atoms with Crippen molar-refractivity contribution < 1.29 is 9.53 Å². The van der Waals surface area contributed by atoms with Gasteiger partial charge in [-0.3, -0.25) is 4.68 Å². The van der Waals surface area contributed by atoms with Gasteiger partial charge in [0.2, 0.25) is 0 Å². The fraction of sp³-hybridized carbons (Fsp3) is 0.308. The Bertz CT molecular complexity index is 565. The average molecular weight is 260 g/mol. The zero-order chi connectivity index (χ0) is 13.7. The van der Waals surface area contributed by atoms with Gasteiger partial charge in [-0.2, -0.15) is 5.10 Å². The maximum Gasteiger partial charge on any atom is 0.356 e. The molecule has 0 aliphatic rings. The van der Waals surface area contributed by atoms with Gasteiger partial charge in [0.05, 0.1) is 19.9 Å². The number of nitrogens with one attached hydrogen (secondary N) is 1. The lowest BCUT2D eigenvalue weighted by atomic mass is 10.3. The number of rotatable bonds is 5. The molecule has 2 aromatic rings. The number of carbonyl (C=O) groups is 1. The minimum Gasteiger partial charge on any atom is -0.464 e. The van der Waals surface area contributed by atoms with Crippen LogP contribution in [0.5, 0.6) is 0 Å². The van der Waals surface area contributed by atoms with Crippen molar-refractivity contribution in [2.24, 2.45) is 0 Å². The van der Waals surface area contributed by atoms with Crippen LogP contribution in [0, 0.1) is 6.92 Å². The summed E-state index contributed by atoms with van der Waals surface area (Å²) in [6.07, 6.45) is 5.38. The summed E-state index contributed by atoms with van der Waals surface area (Å²) in [6.45, 7) is 3.47. The molecule has 2 rings (SSSR count). The van der Waals surface area contributed by atoms with Crippen molar-refractivity contribution in [3.63, 3.8) is 0 Å². The molecule has 0 aliphatic carbocycles. The predicted molar refractivity (Wildman–Crippen MR) is 71.0 cm³/mol. The van der Waals surface area contributed by atoms with Crippen LogP contribution in [0.2, 0.25) is 0 Å². The Morgan fingerprint density at radius 2 is 2.37 bits per heavy atom. The molecule has 0 aliphatic heterocycles. The molecule has 6 heteroatoms. The molecule has 1 N–H and O–H groups in total. The molecule has 0 saturated carbocycles. The van der Waals surface area contributed by atoms with E-state index < -0.39 is 5.97 Å². The van der Waals surface area contributed by atoms with E-state index in [0.29, 0.717) is 12.2 Å². The Kier molecular flexibility index (Phi) is 4.12. The molecule has 2 heterocycles. The summed E-state index contributed by atoms with van der Waals surface area (Å²) in [5.74, 6) is -0.439. The van der Waals surface area contributed by atoms with Crippen molar-refractivity contribution in [3.05, 3.63) is 42.0 Å². The van der Waals surface area contributed by atoms with Crippen molar-refractivity contribution in [2.45, 2.75) is 13.5 Å². The first kappa shape index (κ1) is 13.1. The highest BCUT2D eigenvalue weighted by atomic mass is 16.5. The molecule has 0 unspecified atom stereocenters. The normalized spacial score (nSPS) is 10.2. The van der Waals surface area contributed by atoms with E-state index in [2.05, 4.69) is 20.1 Å². The number of pyridine rings is 1. The number of ether oxygens (including phenoxy) is 1. The largest absolute Gasteiger partial charge is 0.464 e. The van der Waals surface area contributed by atoms with Crippen molar-refractivity contribution >= 4 is 11.7 Å². The first-order valence-corrected chi connectivity index (χ1v) is 5.96. The Morgan fingerprint density at radius 1 is 1.53 bits per heavy atom. The van der Waals surface area contributed by atoms with E-state index in [1.165, 1.54) is 7.11 Å². The molecular formula is C13H16N4O2. The summed E-state index contributed by atoms with van der Waals surface area (Å²) in [7, 11) is 1.34. The van der Waals surface area contributed by atoms with Crippen LogP contribution in [0.4, 0.5) is 5.69 Å². The number of hydrogen-bond acceptors (Lipinski definition) is 5. The van der Waals surface area contributed by atoms with Crippen LogP contribution in [0.1, 0.15) is 16.1 Å². The molecule has 0 saturated heterocycles. The van der Waals surface area contributed by atoms with Gasteiger partial charge in [-0.05, 0) is 24.6 Å². The second-order valence-corrected chi connectivity index (χ2v) is 4.13. The summed E-state index contributed by atoms with van der Waals surface area (Å²) in [6, 6.07) is 3.47. The number of carbonyl (C=O) groups excluding carboxylic acids is 1. The lowest BCUT2D eigenvalue weighted by molar-refractivity contribution is 0.0594. The number of methoxy groups -OCH3 is 1. The SMILES string of the molecule is COC(=O)c1cc(NCCn2cc(C)cn2)ccn1. The quantitative estimate of drug-likeness (QED) is 0.825. The molecule has 0 aromatic carbocycles. The second kappa shape index (κ2) is 5.99. The summed E-state index contributed by atoms with van der Waals surface area (Å²) in [5, 5.41) is 7.41. The lowest BCUT2D eigenvalue weighted by Crippen LogP contribution is -2.12. The summed E-state index contributed by atoms with van der Waals surface area (Å²) in [4.78, 5) is 15.3. The van der Waals surface area contributed by atoms with Crippen LogP contribution in [-0.2, 0) is 11.3 Å². The van der Waals surface area contributed by atoms with Crippen molar-refractivity contribution in [1.82, 2.24) is 14.8 Å². The van der Waals surface area contributed by atoms with Gasteiger partial charge in [0.1, 0.15) is 5.69 Å². The third-order valence-corrected chi connectivity index (χ3v) is 2.59. The summed E-state index contributed by atoms with van der Waals surface area (Å²) < 4.78 is 6.49. The van der Waals surface area contributed by atoms with Crippen molar-refractivity contribution in [2.75, 3.05) is 19.0 Å². The predicted octanol–water partition coefficient (Wildman–Crippen LogP) is 1.49. The average Bonchev–Trinajstić information content (AvgIpc) is 2.84. The zero-order valence-electron chi connectivity index (χ0n) is 11.0. The van der Waals surface area contributed by atoms with Gasteiger partial charge in [0.15, 0.2) is 0 Å². The fourth-order valence-corrected chi connectivity index (χ4v) is 1.66. The number of hydrogen-bond donors (Lipinski definition) is 1. The van der Waals surface area contributed by atoms with Gasteiger partial charge >= 0.3 is 5.97 Å². The molecule has 0 spiro atoms. The van der Waals surface area contributed by atoms with Crippen LogP contribution in [0.3, 0.4) is 0 Å². The molecule has 0 radical (unpaired) electrons. The first-order chi connectivity index (χ1) is 9.19. The highest BCUT2D eigenvalue weighted by Crippen LogP contribution is 2.08. The third-order valence-electron chi connectivity index (χ3n) is 2.59. The highest BCUT2D eigenvalue weighted by Gasteiger charge is 2.06. The standard InChI is InChI=1S/C13H16N4O2/c1-10-8-16-17(9-10)6-5-14-11-3-4-15-12(7-11)13(18)19-2/h3-4,7-9H,5-6H2,1-2H3,(H,14,15). The van der Waals surface area contributed by atoms with E-state index in [-0.39, 0.29) is 0 Å². The van der Waals surface area contributed by atoms with E-state index in [4.69, 9.17) is 0 Å². The molecule has 6 nitrogen and oxygen atoms in total. The fourth-order valence-electron chi connectivity index (χ4n) is 1.66. The number of anilines is 1. The van der Waals surface area contributed by atoms with Crippen molar-refractivity contribution in [1.29, 1.82) is 0 Å². The molecule has 0 amide bonds. The molecule has 19 heavy (non-hydrogen) atoms. The van der Waals surface area contributed by atoms with Crippen LogP contribution in [0.25, 0.3) is 0 Å². The van der Waals surface area contributed by atoms with E-state index in [9.17, 15) is 4.79 Å². The Labute approximate surface area is 111 Å².